The lowest BCUT2D eigenvalue weighted by Crippen LogP contribution is -2.31. The number of nitrogens with zero attached hydrogens (tertiary/aromatic N) is 1. The van der Waals surface area contributed by atoms with Gasteiger partial charge < -0.3 is 20.1 Å². The first-order valence-electron chi connectivity index (χ1n) is 6.83. The summed E-state index contributed by atoms with van der Waals surface area (Å²) in [6.45, 7) is 1.61. The number of nitrogens with one attached hydrogen (secondary N) is 2. The van der Waals surface area contributed by atoms with E-state index in [1.165, 1.54) is 29.5 Å². The van der Waals surface area contributed by atoms with E-state index in [1.807, 2.05) is 6.07 Å². The second-order valence-electron chi connectivity index (χ2n) is 4.96. The van der Waals surface area contributed by atoms with Gasteiger partial charge in [0.2, 0.25) is 5.91 Å². The van der Waals surface area contributed by atoms with Crippen LogP contribution in [-0.2, 0) is 4.79 Å². The molecule has 1 aliphatic rings. The topological polar surface area (TPSA) is 83.4 Å². The van der Waals surface area contributed by atoms with E-state index in [1.54, 1.807) is 18.4 Å². The maximum Gasteiger partial charge on any atom is 0.586 e. The van der Waals surface area contributed by atoms with Crippen molar-refractivity contribution in [3.8, 4) is 17.6 Å². The van der Waals surface area contributed by atoms with Gasteiger partial charge in [0, 0.05) is 11.8 Å². The molecule has 1 atom stereocenters. The standard InChI is InChI=1S/C15H11F2N3O3S/c1-8(13(21)20-14-9(7-18)4-5-24-14)19-10-2-3-11-12(6-10)23-15(16,17)22-11/h2-6,8,19H,1H3,(H,20,21). The fraction of sp³-hybridized carbons (Fsp3) is 0.200. The Hall–Kier alpha value is -2.86. The largest absolute Gasteiger partial charge is 0.586 e. The van der Waals surface area contributed by atoms with Crippen molar-refractivity contribution in [2.45, 2.75) is 19.3 Å². The van der Waals surface area contributed by atoms with Gasteiger partial charge in [-0.3, -0.25) is 4.79 Å². The summed E-state index contributed by atoms with van der Waals surface area (Å²) in [4.78, 5) is 12.2. The Labute approximate surface area is 139 Å². The summed E-state index contributed by atoms with van der Waals surface area (Å²) < 4.78 is 34.6. The number of rotatable bonds is 4. The zero-order chi connectivity index (χ0) is 17.3. The first-order chi connectivity index (χ1) is 11.4. The zero-order valence-electron chi connectivity index (χ0n) is 12.3. The fourth-order valence-electron chi connectivity index (χ4n) is 2.07. The third kappa shape index (κ3) is 3.23. The van der Waals surface area contributed by atoms with Gasteiger partial charge in [-0.05, 0) is 30.5 Å². The van der Waals surface area contributed by atoms with Crippen molar-refractivity contribution in [3.05, 3.63) is 35.2 Å². The molecule has 3 rings (SSSR count). The molecule has 124 valence electrons. The predicted octanol–water partition coefficient (Wildman–Crippen LogP) is 3.38. The van der Waals surface area contributed by atoms with E-state index in [4.69, 9.17) is 5.26 Å². The summed E-state index contributed by atoms with van der Waals surface area (Å²) >= 11 is 1.24. The number of alkyl halides is 2. The number of benzene rings is 1. The molecule has 9 heteroatoms. The number of nitriles is 1. The highest BCUT2D eigenvalue weighted by atomic mass is 32.1. The fourth-order valence-corrected chi connectivity index (χ4v) is 2.81. The van der Waals surface area contributed by atoms with Crippen molar-refractivity contribution in [2.24, 2.45) is 0 Å². The Morgan fingerprint density at radius 2 is 2.08 bits per heavy atom. The molecule has 0 saturated heterocycles. The summed E-state index contributed by atoms with van der Waals surface area (Å²) in [5.74, 6) is -0.542. The van der Waals surface area contributed by atoms with E-state index in [-0.39, 0.29) is 17.4 Å². The molecule has 1 aromatic heterocycles. The quantitative estimate of drug-likeness (QED) is 0.882. The van der Waals surface area contributed by atoms with Gasteiger partial charge in [0.15, 0.2) is 11.5 Å². The summed E-state index contributed by atoms with van der Waals surface area (Å²) in [5.41, 5.74) is 0.801. The van der Waals surface area contributed by atoms with Gasteiger partial charge >= 0.3 is 6.29 Å². The van der Waals surface area contributed by atoms with Crippen LogP contribution in [0.5, 0.6) is 11.5 Å². The highest BCUT2D eigenvalue weighted by Gasteiger charge is 2.43. The molecule has 1 amide bonds. The van der Waals surface area contributed by atoms with Crippen LogP contribution in [0, 0.1) is 11.3 Å². The molecule has 24 heavy (non-hydrogen) atoms. The van der Waals surface area contributed by atoms with Crippen molar-refractivity contribution in [2.75, 3.05) is 10.6 Å². The van der Waals surface area contributed by atoms with Crippen molar-refractivity contribution in [1.82, 2.24) is 0 Å². The van der Waals surface area contributed by atoms with Crippen molar-refractivity contribution < 1.29 is 23.0 Å². The van der Waals surface area contributed by atoms with Gasteiger partial charge in [-0.25, -0.2) is 0 Å². The van der Waals surface area contributed by atoms with Crippen LogP contribution in [0.3, 0.4) is 0 Å². The van der Waals surface area contributed by atoms with Gasteiger partial charge in [-0.2, -0.15) is 5.26 Å². The molecule has 0 bridgehead atoms. The second-order valence-corrected chi connectivity index (χ2v) is 5.88. The first kappa shape index (κ1) is 16.0. The smallest absolute Gasteiger partial charge is 0.395 e. The molecular weight excluding hydrogens is 340 g/mol. The Balaban J connectivity index is 1.66. The molecule has 0 radical (unpaired) electrons. The number of thiophene rings is 1. The van der Waals surface area contributed by atoms with Gasteiger partial charge in [-0.15, -0.1) is 20.1 Å². The lowest BCUT2D eigenvalue weighted by Gasteiger charge is -2.15. The highest BCUT2D eigenvalue weighted by molar-refractivity contribution is 7.14. The summed E-state index contributed by atoms with van der Waals surface area (Å²) in [6.07, 6.45) is -3.68. The van der Waals surface area contributed by atoms with Crippen molar-refractivity contribution >= 4 is 27.9 Å². The lowest BCUT2D eigenvalue weighted by molar-refractivity contribution is -0.286. The molecule has 2 heterocycles. The summed E-state index contributed by atoms with van der Waals surface area (Å²) in [5, 5.41) is 16.6. The van der Waals surface area contributed by atoms with Crippen LogP contribution in [0.2, 0.25) is 0 Å². The monoisotopic (exact) mass is 351 g/mol. The number of hydrogen-bond donors (Lipinski definition) is 2. The Kier molecular flexibility index (Phi) is 3.99. The lowest BCUT2D eigenvalue weighted by atomic mass is 10.2. The molecule has 1 unspecified atom stereocenters. The minimum Gasteiger partial charge on any atom is -0.395 e. The van der Waals surface area contributed by atoms with Crippen LogP contribution >= 0.6 is 11.3 Å². The van der Waals surface area contributed by atoms with Crippen LogP contribution < -0.4 is 20.1 Å². The van der Waals surface area contributed by atoms with Gasteiger partial charge in [-0.1, -0.05) is 0 Å². The Morgan fingerprint density at radius 1 is 1.33 bits per heavy atom. The number of ether oxygens (including phenoxy) is 2. The summed E-state index contributed by atoms with van der Waals surface area (Å²) in [6, 6.07) is 7.07. The van der Waals surface area contributed by atoms with E-state index in [9.17, 15) is 13.6 Å². The number of carbonyl (C=O) groups is 1. The Morgan fingerprint density at radius 3 is 2.83 bits per heavy atom. The average molecular weight is 351 g/mol. The van der Waals surface area contributed by atoms with E-state index >= 15 is 0 Å². The van der Waals surface area contributed by atoms with Gasteiger partial charge in [0.25, 0.3) is 0 Å². The van der Waals surface area contributed by atoms with E-state index in [2.05, 4.69) is 20.1 Å². The van der Waals surface area contributed by atoms with Crippen LogP contribution in [0.1, 0.15) is 12.5 Å². The number of hydrogen-bond acceptors (Lipinski definition) is 6. The predicted molar refractivity (Wildman–Crippen MR) is 83.4 cm³/mol. The molecule has 2 N–H and O–H groups in total. The molecule has 0 saturated carbocycles. The number of amides is 1. The van der Waals surface area contributed by atoms with Crippen LogP contribution in [0.25, 0.3) is 0 Å². The maximum atomic E-state index is 13.0. The maximum absolute atomic E-state index is 13.0. The second kappa shape index (κ2) is 5.98. The molecule has 0 fully saturated rings. The van der Waals surface area contributed by atoms with E-state index < -0.39 is 12.3 Å². The van der Waals surface area contributed by atoms with Crippen LogP contribution in [0.4, 0.5) is 19.5 Å². The molecule has 0 aliphatic carbocycles. The number of fused-ring (bicyclic) bond motifs is 1. The molecule has 0 spiro atoms. The number of carbonyl (C=O) groups excluding carboxylic acids is 1. The third-order valence-corrected chi connectivity index (χ3v) is 4.03. The third-order valence-electron chi connectivity index (χ3n) is 3.20. The molecular formula is C15H11F2N3O3S. The van der Waals surface area contributed by atoms with E-state index in [0.29, 0.717) is 16.3 Å². The highest BCUT2D eigenvalue weighted by Crippen LogP contribution is 2.42. The summed E-state index contributed by atoms with van der Waals surface area (Å²) in [7, 11) is 0. The molecule has 1 aromatic carbocycles. The average Bonchev–Trinajstić information content (AvgIpc) is 3.08. The number of halogens is 2. The molecule has 1 aliphatic heterocycles. The van der Waals surface area contributed by atoms with Gasteiger partial charge in [0.05, 0.1) is 5.56 Å². The van der Waals surface area contributed by atoms with Crippen LogP contribution in [-0.4, -0.2) is 18.2 Å². The van der Waals surface area contributed by atoms with E-state index in [0.717, 1.165) is 0 Å². The molecule has 2 aromatic rings. The first-order valence-corrected chi connectivity index (χ1v) is 7.71. The molecule has 6 nitrogen and oxygen atoms in total. The van der Waals surface area contributed by atoms with Crippen molar-refractivity contribution in [3.63, 3.8) is 0 Å². The van der Waals surface area contributed by atoms with Crippen molar-refractivity contribution in [1.29, 1.82) is 5.26 Å². The minimum atomic E-state index is -3.68. The van der Waals surface area contributed by atoms with Gasteiger partial charge in [0.1, 0.15) is 17.1 Å². The number of anilines is 2. The zero-order valence-corrected chi connectivity index (χ0v) is 13.1. The minimum absolute atomic E-state index is 0.0695. The normalized spacial score (nSPS) is 15.4. The Bertz CT molecular complexity index is 832. The SMILES string of the molecule is CC(Nc1ccc2c(c1)OC(F)(F)O2)C(=O)Nc1sccc1C#N. The van der Waals surface area contributed by atoms with Crippen LogP contribution in [0.15, 0.2) is 29.6 Å².